The standard InChI is InChI=1S/C23H27ClN2O/c1-16-12-17(13-19-6-2-3-10-21(19)24)14-22(25-16)20-9-5-11-26(15-20)23(27)18-7-4-8-18/h2-3,6,10,12,14,18,20H,4-5,7-9,11,13,15H2,1H3/t20-/m0/s1. The number of carbonyl (C=O) groups excluding carboxylic acids is 1. The molecule has 3 nitrogen and oxygen atoms in total. The first-order valence-electron chi connectivity index (χ1n) is 10.1. The normalized spacial score (nSPS) is 20.4. The maximum atomic E-state index is 12.7. The van der Waals surface area contributed by atoms with Crippen LogP contribution in [-0.2, 0) is 11.2 Å². The zero-order valence-corrected chi connectivity index (χ0v) is 16.7. The van der Waals surface area contributed by atoms with Crippen molar-refractivity contribution in [3.05, 3.63) is 63.9 Å². The minimum atomic E-state index is 0.282. The Bertz CT molecular complexity index is 831. The van der Waals surface area contributed by atoms with Crippen molar-refractivity contribution in [1.82, 2.24) is 9.88 Å². The van der Waals surface area contributed by atoms with Gasteiger partial charge < -0.3 is 4.90 Å². The molecule has 1 saturated heterocycles. The lowest BCUT2D eigenvalue weighted by atomic mass is 9.83. The molecule has 0 unspecified atom stereocenters. The first-order chi connectivity index (χ1) is 13.1. The highest BCUT2D eigenvalue weighted by atomic mass is 35.5. The predicted octanol–water partition coefficient (Wildman–Crippen LogP) is 5.14. The van der Waals surface area contributed by atoms with Gasteiger partial charge in [0.2, 0.25) is 5.91 Å². The fraction of sp³-hybridized carbons (Fsp3) is 0.478. The van der Waals surface area contributed by atoms with Crippen molar-refractivity contribution >= 4 is 17.5 Å². The second-order valence-corrected chi connectivity index (χ2v) is 8.47. The molecule has 1 aliphatic carbocycles. The number of amides is 1. The molecule has 1 aromatic heterocycles. The molecule has 0 bridgehead atoms. The maximum absolute atomic E-state index is 12.7. The first kappa shape index (κ1) is 18.5. The molecule has 1 atom stereocenters. The predicted molar refractivity (Wildman–Crippen MR) is 109 cm³/mol. The van der Waals surface area contributed by atoms with Crippen molar-refractivity contribution in [2.45, 2.75) is 51.4 Å². The van der Waals surface area contributed by atoms with Gasteiger partial charge in [-0.25, -0.2) is 0 Å². The molecule has 2 fully saturated rings. The van der Waals surface area contributed by atoms with Gasteiger partial charge in [0, 0.05) is 41.3 Å². The van der Waals surface area contributed by atoms with Gasteiger partial charge in [0.05, 0.1) is 0 Å². The van der Waals surface area contributed by atoms with Crippen LogP contribution in [0.15, 0.2) is 36.4 Å². The van der Waals surface area contributed by atoms with Crippen molar-refractivity contribution < 1.29 is 4.79 Å². The van der Waals surface area contributed by atoms with E-state index in [4.69, 9.17) is 16.6 Å². The molecule has 0 spiro atoms. The number of aromatic nitrogens is 1. The minimum Gasteiger partial charge on any atom is -0.342 e. The van der Waals surface area contributed by atoms with E-state index in [1.807, 2.05) is 18.2 Å². The number of hydrogen-bond acceptors (Lipinski definition) is 2. The van der Waals surface area contributed by atoms with E-state index in [-0.39, 0.29) is 5.92 Å². The van der Waals surface area contributed by atoms with Gasteiger partial charge in [0.15, 0.2) is 0 Å². The summed E-state index contributed by atoms with van der Waals surface area (Å²) < 4.78 is 0. The summed E-state index contributed by atoms with van der Waals surface area (Å²) in [6.45, 7) is 3.78. The van der Waals surface area contributed by atoms with Crippen molar-refractivity contribution in [2.24, 2.45) is 5.92 Å². The fourth-order valence-electron chi connectivity index (χ4n) is 4.27. The Kier molecular flexibility index (Phi) is 5.49. The van der Waals surface area contributed by atoms with E-state index in [0.29, 0.717) is 11.8 Å². The highest BCUT2D eigenvalue weighted by Crippen LogP contribution is 2.32. The summed E-state index contributed by atoms with van der Waals surface area (Å²) in [6.07, 6.45) is 6.34. The molecule has 1 amide bonds. The summed E-state index contributed by atoms with van der Waals surface area (Å²) in [6, 6.07) is 12.4. The van der Waals surface area contributed by atoms with E-state index in [1.165, 1.54) is 12.0 Å². The summed E-state index contributed by atoms with van der Waals surface area (Å²) >= 11 is 6.35. The summed E-state index contributed by atoms with van der Waals surface area (Å²) in [5.74, 6) is 0.993. The van der Waals surface area contributed by atoms with Crippen molar-refractivity contribution in [3.8, 4) is 0 Å². The van der Waals surface area contributed by atoms with Gasteiger partial charge in [-0.2, -0.15) is 0 Å². The number of benzene rings is 1. The third-order valence-corrected chi connectivity index (χ3v) is 6.36. The highest BCUT2D eigenvalue weighted by Gasteiger charge is 2.33. The summed E-state index contributed by atoms with van der Waals surface area (Å²) in [5.41, 5.74) is 4.55. The Balaban J connectivity index is 1.52. The first-order valence-corrected chi connectivity index (χ1v) is 10.5. The van der Waals surface area contributed by atoms with Crippen LogP contribution in [0.5, 0.6) is 0 Å². The van der Waals surface area contributed by atoms with Gasteiger partial charge in [-0.3, -0.25) is 9.78 Å². The second kappa shape index (κ2) is 8.02. The topological polar surface area (TPSA) is 33.2 Å². The SMILES string of the molecule is Cc1cc(Cc2ccccc2Cl)cc([C@H]2CCCN(C(=O)C3CCC3)C2)n1. The summed E-state index contributed by atoms with van der Waals surface area (Å²) in [4.78, 5) is 19.6. The van der Waals surface area contributed by atoms with Crippen LogP contribution in [0.25, 0.3) is 0 Å². The van der Waals surface area contributed by atoms with Crippen LogP contribution < -0.4 is 0 Å². The third-order valence-electron chi connectivity index (χ3n) is 5.99. The number of nitrogens with zero attached hydrogens (tertiary/aromatic N) is 2. The van der Waals surface area contributed by atoms with Crippen molar-refractivity contribution in [2.75, 3.05) is 13.1 Å². The van der Waals surface area contributed by atoms with Gasteiger partial charge >= 0.3 is 0 Å². The molecule has 2 aromatic rings. The quantitative estimate of drug-likeness (QED) is 0.733. The lowest BCUT2D eigenvalue weighted by molar-refractivity contribution is -0.139. The largest absolute Gasteiger partial charge is 0.342 e. The smallest absolute Gasteiger partial charge is 0.225 e. The molecule has 1 aliphatic heterocycles. The third kappa shape index (κ3) is 4.19. The number of halogens is 1. The number of rotatable bonds is 4. The molecular formula is C23H27ClN2O. The molecule has 0 N–H and O–H groups in total. The minimum absolute atomic E-state index is 0.282. The van der Waals surface area contributed by atoms with Crippen LogP contribution in [0, 0.1) is 12.8 Å². The number of pyridine rings is 1. The number of hydrogen-bond donors (Lipinski definition) is 0. The molecule has 2 aliphatic rings. The second-order valence-electron chi connectivity index (χ2n) is 8.06. The van der Waals surface area contributed by atoms with E-state index < -0.39 is 0 Å². The zero-order chi connectivity index (χ0) is 18.8. The van der Waals surface area contributed by atoms with Gasteiger partial charge in [-0.05, 0) is 68.4 Å². The molecule has 4 rings (SSSR count). The van der Waals surface area contributed by atoms with E-state index in [0.717, 1.165) is 67.2 Å². The van der Waals surface area contributed by atoms with Crippen LogP contribution in [-0.4, -0.2) is 28.9 Å². The fourth-order valence-corrected chi connectivity index (χ4v) is 4.48. The summed E-state index contributed by atoms with van der Waals surface area (Å²) in [5, 5.41) is 0.809. The lowest BCUT2D eigenvalue weighted by Crippen LogP contribution is -2.44. The van der Waals surface area contributed by atoms with Crippen LogP contribution in [0.4, 0.5) is 0 Å². The zero-order valence-electron chi connectivity index (χ0n) is 16.0. The summed E-state index contributed by atoms with van der Waals surface area (Å²) in [7, 11) is 0. The van der Waals surface area contributed by atoms with E-state index in [2.05, 4.69) is 30.0 Å². The monoisotopic (exact) mass is 382 g/mol. The Morgan fingerprint density at radius 1 is 1.19 bits per heavy atom. The Morgan fingerprint density at radius 3 is 2.74 bits per heavy atom. The molecule has 27 heavy (non-hydrogen) atoms. The average Bonchev–Trinajstić information content (AvgIpc) is 2.62. The highest BCUT2D eigenvalue weighted by molar-refractivity contribution is 6.31. The Hall–Kier alpha value is -1.87. The molecule has 0 radical (unpaired) electrons. The number of aryl methyl sites for hydroxylation is 1. The van der Waals surface area contributed by atoms with Crippen LogP contribution in [0.1, 0.15) is 60.5 Å². The number of carbonyl (C=O) groups is 1. The number of piperidine rings is 1. The molecular weight excluding hydrogens is 356 g/mol. The van der Waals surface area contributed by atoms with Gasteiger partial charge in [0.25, 0.3) is 0 Å². The van der Waals surface area contributed by atoms with Crippen molar-refractivity contribution in [3.63, 3.8) is 0 Å². The lowest BCUT2D eigenvalue weighted by Gasteiger charge is -2.37. The Morgan fingerprint density at radius 2 is 2.00 bits per heavy atom. The van der Waals surface area contributed by atoms with Gasteiger partial charge in [0.1, 0.15) is 0 Å². The average molecular weight is 383 g/mol. The molecule has 4 heteroatoms. The van der Waals surface area contributed by atoms with Gasteiger partial charge in [-0.15, -0.1) is 0 Å². The van der Waals surface area contributed by atoms with E-state index in [1.54, 1.807) is 0 Å². The number of likely N-dealkylation sites (tertiary alicyclic amines) is 1. The van der Waals surface area contributed by atoms with Crippen LogP contribution in [0.3, 0.4) is 0 Å². The Labute approximate surface area is 166 Å². The molecule has 142 valence electrons. The molecule has 1 saturated carbocycles. The van der Waals surface area contributed by atoms with Crippen molar-refractivity contribution in [1.29, 1.82) is 0 Å². The van der Waals surface area contributed by atoms with E-state index in [9.17, 15) is 4.79 Å². The van der Waals surface area contributed by atoms with Crippen LogP contribution in [0.2, 0.25) is 5.02 Å². The van der Waals surface area contributed by atoms with Gasteiger partial charge in [-0.1, -0.05) is 36.2 Å². The van der Waals surface area contributed by atoms with Crippen LogP contribution >= 0.6 is 11.6 Å². The molecule has 1 aromatic carbocycles. The maximum Gasteiger partial charge on any atom is 0.225 e. The van der Waals surface area contributed by atoms with E-state index >= 15 is 0 Å². The molecule has 2 heterocycles.